The molecule has 0 aliphatic carbocycles. The number of rotatable bonds is 17. The highest BCUT2D eigenvalue weighted by atomic mass is 16.2. The number of ketones is 1. The summed E-state index contributed by atoms with van der Waals surface area (Å²) in [4.78, 5) is 90.2. The van der Waals surface area contributed by atoms with Gasteiger partial charge in [0.05, 0.1) is 12.1 Å². The van der Waals surface area contributed by atoms with Crippen LogP contribution in [-0.4, -0.2) is 137 Å². The molecule has 280 valence electrons. The van der Waals surface area contributed by atoms with Crippen LogP contribution in [0.15, 0.2) is 0 Å². The zero-order chi connectivity index (χ0) is 37.3. The lowest BCUT2D eigenvalue weighted by Crippen LogP contribution is -2.65. The third-order valence-corrected chi connectivity index (χ3v) is 10.7. The number of likely N-dealkylation sites (tertiary alicyclic amines) is 2. The number of amides is 5. The summed E-state index contributed by atoms with van der Waals surface area (Å²) in [6.07, 6.45) is 5.32. The fourth-order valence-electron chi connectivity index (χ4n) is 7.74. The van der Waals surface area contributed by atoms with Crippen LogP contribution in [-0.2, 0) is 28.8 Å². The van der Waals surface area contributed by atoms with Crippen molar-refractivity contribution < 1.29 is 28.8 Å². The largest absolute Gasteiger partial charge is 0.332 e. The summed E-state index contributed by atoms with van der Waals surface area (Å²) in [6.45, 7) is 16.0. The van der Waals surface area contributed by atoms with Crippen LogP contribution in [0.2, 0.25) is 0 Å². The van der Waals surface area contributed by atoms with Crippen LogP contribution in [0.25, 0.3) is 0 Å². The first-order valence-corrected chi connectivity index (χ1v) is 18.6. The molecular weight excluding hydrogens is 624 g/mol. The molecule has 2 rings (SSSR count). The van der Waals surface area contributed by atoms with E-state index in [4.69, 9.17) is 0 Å². The molecule has 0 aromatic heterocycles. The van der Waals surface area contributed by atoms with Crippen LogP contribution >= 0.6 is 0 Å². The van der Waals surface area contributed by atoms with Gasteiger partial charge in [-0.3, -0.25) is 28.8 Å². The Bertz CT molecular complexity index is 1170. The summed E-state index contributed by atoms with van der Waals surface area (Å²) in [6, 6.07) is -4.06. The van der Waals surface area contributed by atoms with Gasteiger partial charge in [-0.2, -0.15) is 0 Å². The number of carbonyl (C=O) groups excluding carboxylic acids is 6. The van der Waals surface area contributed by atoms with Crippen LogP contribution in [0.5, 0.6) is 0 Å². The fourth-order valence-corrected chi connectivity index (χ4v) is 7.74. The van der Waals surface area contributed by atoms with E-state index in [0.29, 0.717) is 45.2 Å². The van der Waals surface area contributed by atoms with E-state index < -0.39 is 36.3 Å². The van der Waals surface area contributed by atoms with E-state index in [0.717, 1.165) is 19.3 Å². The van der Waals surface area contributed by atoms with E-state index in [-0.39, 0.29) is 53.1 Å². The minimum absolute atomic E-state index is 0.00298. The van der Waals surface area contributed by atoms with Gasteiger partial charge in [-0.15, -0.1) is 0 Å². The summed E-state index contributed by atoms with van der Waals surface area (Å²) in [5.41, 5.74) is 0. The number of piperidine rings is 2. The van der Waals surface area contributed by atoms with E-state index in [9.17, 15) is 28.8 Å². The fraction of sp³-hybridized carbons (Fsp3) is 0.838. The van der Waals surface area contributed by atoms with Gasteiger partial charge in [0.15, 0.2) is 5.78 Å². The van der Waals surface area contributed by atoms with Crippen LogP contribution < -0.4 is 5.32 Å². The Morgan fingerprint density at radius 3 is 1.76 bits per heavy atom. The molecule has 1 N–H and O–H groups in total. The average Bonchev–Trinajstić information content (AvgIpc) is 3.05. The molecule has 2 heterocycles. The van der Waals surface area contributed by atoms with Crippen molar-refractivity contribution in [2.75, 3.05) is 41.3 Å². The van der Waals surface area contributed by atoms with E-state index in [1.807, 2.05) is 41.5 Å². The first kappa shape index (κ1) is 42.1. The molecular formula is C37H66N6O6. The van der Waals surface area contributed by atoms with E-state index in [1.165, 1.54) is 21.6 Å². The second kappa shape index (κ2) is 18.8. The average molecular weight is 691 g/mol. The van der Waals surface area contributed by atoms with Crippen LogP contribution in [0.3, 0.4) is 0 Å². The Morgan fingerprint density at radius 1 is 0.796 bits per heavy atom. The van der Waals surface area contributed by atoms with Crippen molar-refractivity contribution in [1.82, 2.24) is 29.8 Å². The molecule has 2 fully saturated rings. The first-order valence-electron chi connectivity index (χ1n) is 18.6. The van der Waals surface area contributed by atoms with E-state index >= 15 is 0 Å². The van der Waals surface area contributed by atoms with Gasteiger partial charge in [0.1, 0.15) is 24.2 Å². The summed E-state index contributed by atoms with van der Waals surface area (Å²) < 4.78 is 0. The molecule has 8 atom stereocenters. The van der Waals surface area contributed by atoms with Gasteiger partial charge >= 0.3 is 0 Å². The zero-order valence-electron chi connectivity index (χ0n) is 32.5. The Kier molecular flexibility index (Phi) is 16.2. The van der Waals surface area contributed by atoms with Gasteiger partial charge in [0.2, 0.25) is 29.5 Å². The van der Waals surface area contributed by atoms with Crippen molar-refractivity contribution in [3.05, 3.63) is 0 Å². The molecule has 49 heavy (non-hydrogen) atoms. The lowest BCUT2D eigenvalue weighted by Gasteiger charge is -2.47. The van der Waals surface area contributed by atoms with Crippen LogP contribution in [0.4, 0.5) is 0 Å². The third-order valence-electron chi connectivity index (χ3n) is 10.7. The number of Topliss-reactive ketones (excluding diaryl/α,β-unsaturated/α-hetero) is 1. The second-order valence-electron chi connectivity index (χ2n) is 15.0. The molecule has 0 radical (unpaired) electrons. The Labute approximate surface area is 295 Å². The highest BCUT2D eigenvalue weighted by molar-refractivity contribution is 5.97. The van der Waals surface area contributed by atoms with E-state index in [2.05, 4.69) is 12.2 Å². The van der Waals surface area contributed by atoms with Crippen molar-refractivity contribution in [1.29, 1.82) is 0 Å². The molecule has 0 aromatic rings. The molecule has 8 unspecified atom stereocenters. The maximum Gasteiger partial charge on any atom is 0.246 e. The third kappa shape index (κ3) is 9.82. The molecule has 12 heteroatoms. The summed E-state index contributed by atoms with van der Waals surface area (Å²) in [5.74, 6) is -1.58. The van der Waals surface area contributed by atoms with Gasteiger partial charge in [-0.1, -0.05) is 67.7 Å². The van der Waals surface area contributed by atoms with Gasteiger partial charge in [0, 0.05) is 34.2 Å². The van der Waals surface area contributed by atoms with Crippen molar-refractivity contribution >= 4 is 35.3 Å². The van der Waals surface area contributed by atoms with Crippen molar-refractivity contribution in [2.45, 2.75) is 143 Å². The Hall–Kier alpha value is -3.02. The van der Waals surface area contributed by atoms with Crippen LogP contribution in [0, 0.1) is 17.8 Å². The van der Waals surface area contributed by atoms with Crippen LogP contribution in [0.1, 0.15) is 107 Å². The first-order chi connectivity index (χ1) is 23.0. The van der Waals surface area contributed by atoms with Gasteiger partial charge in [0.25, 0.3) is 0 Å². The van der Waals surface area contributed by atoms with Crippen molar-refractivity contribution in [2.24, 2.45) is 17.8 Å². The zero-order valence-corrected chi connectivity index (χ0v) is 32.5. The molecule has 12 nitrogen and oxygen atoms in total. The second-order valence-corrected chi connectivity index (χ2v) is 15.0. The molecule has 0 saturated carbocycles. The van der Waals surface area contributed by atoms with E-state index in [1.54, 1.807) is 38.0 Å². The Morgan fingerprint density at radius 2 is 1.31 bits per heavy atom. The molecule has 5 amide bonds. The number of likely N-dealkylation sites (N-methyl/N-ethyl adjacent to an activating group) is 4. The number of hydrogen-bond donors (Lipinski definition) is 1. The summed E-state index contributed by atoms with van der Waals surface area (Å²) >= 11 is 0. The maximum absolute atomic E-state index is 14.4. The number of nitrogens with zero attached hydrogens (tertiary/aromatic N) is 5. The highest BCUT2D eigenvalue weighted by Gasteiger charge is 2.47. The normalized spacial score (nSPS) is 23.9. The lowest BCUT2D eigenvalue weighted by atomic mass is 9.88. The summed E-state index contributed by atoms with van der Waals surface area (Å²) in [7, 11) is 6.59. The van der Waals surface area contributed by atoms with Crippen molar-refractivity contribution in [3.63, 3.8) is 0 Å². The predicted molar refractivity (Wildman–Crippen MR) is 191 cm³/mol. The molecule has 2 saturated heterocycles. The highest BCUT2D eigenvalue weighted by Crippen LogP contribution is 2.30. The lowest BCUT2D eigenvalue weighted by molar-refractivity contribution is -0.162. The van der Waals surface area contributed by atoms with Gasteiger partial charge in [-0.25, -0.2) is 0 Å². The molecule has 2 aliphatic heterocycles. The monoisotopic (exact) mass is 691 g/mol. The molecule has 0 spiro atoms. The quantitative estimate of drug-likeness (QED) is 0.232. The SMILES string of the molecule is CCCCCC(C(C)=O)N1CC(C)CC(N(C)C(=O)C(C(C)C)N2CC(C)CC(N(C)C(=O)C(CC)N(C)C(=O)C(CC)NC)C2=O)C1=O. The van der Waals surface area contributed by atoms with Gasteiger partial charge < -0.3 is 29.8 Å². The number of unbranched alkanes of at least 4 members (excludes halogenated alkanes) is 2. The maximum atomic E-state index is 14.4. The standard InChI is InChI=1S/C37H66N6O6/c1-13-16-17-18-29(26(8)44)42-21-24(6)19-30(35(42)47)41(12)37(49)32(23(4)5)43-22-25(7)20-31(36(43)48)40(11)34(46)28(15-3)39(10)33(45)27(14-2)38-9/h23-25,27-32,38H,13-22H2,1-12H3. The Balaban J connectivity index is 2.36. The van der Waals surface area contributed by atoms with Crippen molar-refractivity contribution in [3.8, 4) is 0 Å². The minimum atomic E-state index is -0.843. The smallest absolute Gasteiger partial charge is 0.246 e. The molecule has 0 bridgehead atoms. The number of nitrogens with one attached hydrogen (secondary N) is 1. The number of carbonyl (C=O) groups is 6. The van der Waals surface area contributed by atoms with Gasteiger partial charge in [-0.05, 0) is 63.8 Å². The topological polar surface area (TPSA) is 131 Å². The molecule has 2 aliphatic rings. The number of hydrogen-bond acceptors (Lipinski definition) is 7. The molecule has 0 aromatic carbocycles. The predicted octanol–water partition coefficient (Wildman–Crippen LogP) is 3.17. The summed E-state index contributed by atoms with van der Waals surface area (Å²) in [5, 5.41) is 3.00. The minimum Gasteiger partial charge on any atom is -0.332 e.